The second kappa shape index (κ2) is 4.76. The maximum Gasteiger partial charge on any atom is 0.356 e. The molecule has 0 aromatic carbocycles. The maximum absolute atomic E-state index is 14.0. The molecule has 1 fully saturated rings. The summed E-state index contributed by atoms with van der Waals surface area (Å²) in [4.78, 5) is 21.4. The number of aliphatic hydroxyl groups is 3. The number of carbonyl (C=O) groups is 2. The number of aliphatic carboxylic acids is 2. The van der Waals surface area contributed by atoms with Gasteiger partial charge < -0.3 is 30.3 Å². The third kappa shape index (κ3) is 2.05. The summed E-state index contributed by atoms with van der Waals surface area (Å²) in [6.07, 6.45) is -9.24. The first-order chi connectivity index (χ1) is 8.13. The fourth-order valence-electron chi connectivity index (χ4n) is 1.71. The monoisotopic (exact) mass is 268 g/mol. The zero-order valence-corrected chi connectivity index (χ0v) is 9.23. The number of alkyl halides is 1. The predicted octanol–water partition coefficient (Wildman–Crippen LogP) is -2.27. The minimum Gasteiger partial charge on any atom is -0.478 e. The van der Waals surface area contributed by atoms with E-state index in [1.54, 1.807) is 0 Å². The highest BCUT2D eigenvalue weighted by Crippen LogP contribution is 2.31. The first-order valence-corrected chi connectivity index (χ1v) is 4.99. The molecule has 0 aliphatic carbocycles. The third-order valence-electron chi connectivity index (χ3n) is 2.87. The highest BCUT2D eigenvalue weighted by Gasteiger charge is 2.62. The summed E-state index contributed by atoms with van der Waals surface area (Å²) in [7, 11) is 0. The molecule has 5 N–H and O–H groups in total. The van der Waals surface area contributed by atoms with Crippen LogP contribution in [0.3, 0.4) is 0 Å². The van der Waals surface area contributed by atoms with Gasteiger partial charge in [-0.1, -0.05) is 0 Å². The topological polar surface area (TPSA) is 145 Å². The Hall–Kier alpha value is -1.29. The van der Waals surface area contributed by atoms with Crippen LogP contribution in [-0.4, -0.2) is 73.7 Å². The molecule has 9 heteroatoms. The molecule has 0 radical (unpaired) electrons. The highest BCUT2D eigenvalue weighted by atomic mass is 19.1. The number of rotatable bonds is 3. The van der Waals surface area contributed by atoms with Crippen molar-refractivity contribution >= 4 is 11.9 Å². The molecule has 0 bridgehead atoms. The fraction of sp³-hybridized carbons (Fsp3) is 0.778. The number of ether oxygens (including phenoxy) is 1. The Bertz CT molecular complexity index is 344. The molecule has 1 heterocycles. The lowest BCUT2D eigenvalue weighted by atomic mass is 9.86. The van der Waals surface area contributed by atoms with Crippen LogP contribution in [0.4, 0.5) is 4.39 Å². The molecule has 0 saturated carbocycles. The SMILES string of the molecule is C[C@@H]1O[C@H](C(F)(C(=O)O)C(=O)O)[C@H](O)[C@H](O)[C@H]1O. The van der Waals surface area contributed by atoms with E-state index in [9.17, 15) is 29.3 Å². The van der Waals surface area contributed by atoms with Crippen molar-refractivity contribution in [2.75, 3.05) is 0 Å². The van der Waals surface area contributed by atoms with Gasteiger partial charge in [-0.05, 0) is 6.92 Å². The molecule has 1 aliphatic rings. The largest absolute Gasteiger partial charge is 0.478 e. The van der Waals surface area contributed by atoms with Crippen LogP contribution < -0.4 is 0 Å². The number of hydrogen-bond acceptors (Lipinski definition) is 6. The van der Waals surface area contributed by atoms with Crippen molar-refractivity contribution in [3.8, 4) is 0 Å². The van der Waals surface area contributed by atoms with Crippen LogP contribution in [-0.2, 0) is 14.3 Å². The standard InChI is InChI=1S/C9H13FO8/c1-2-3(11)4(12)5(13)6(18-2)9(10,7(14)15)8(16)17/h2-6,11-13H,1H3,(H,14,15)(H,16,17)/t2-,3-,4+,5+,6-/m0/s1. The van der Waals surface area contributed by atoms with Gasteiger partial charge in [0, 0.05) is 0 Å². The summed E-state index contributed by atoms with van der Waals surface area (Å²) in [5.41, 5.74) is -3.92. The smallest absolute Gasteiger partial charge is 0.356 e. The Labute approximate surface area is 100 Å². The summed E-state index contributed by atoms with van der Waals surface area (Å²) in [5.74, 6) is -4.73. The molecule has 0 aromatic rings. The van der Waals surface area contributed by atoms with Gasteiger partial charge in [0.05, 0.1) is 6.10 Å². The van der Waals surface area contributed by atoms with Crippen molar-refractivity contribution in [1.29, 1.82) is 0 Å². The summed E-state index contributed by atoms with van der Waals surface area (Å²) in [6, 6.07) is 0. The van der Waals surface area contributed by atoms with Crippen LogP contribution in [0.25, 0.3) is 0 Å². The van der Waals surface area contributed by atoms with Crippen molar-refractivity contribution in [3.63, 3.8) is 0 Å². The van der Waals surface area contributed by atoms with Gasteiger partial charge in [0.1, 0.15) is 24.4 Å². The molecule has 18 heavy (non-hydrogen) atoms. The van der Waals surface area contributed by atoms with E-state index in [2.05, 4.69) is 4.74 Å². The van der Waals surface area contributed by atoms with Gasteiger partial charge in [0.2, 0.25) is 0 Å². The van der Waals surface area contributed by atoms with Crippen molar-refractivity contribution in [1.82, 2.24) is 0 Å². The average molecular weight is 268 g/mol. The predicted molar refractivity (Wildman–Crippen MR) is 51.5 cm³/mol. The van der Waals surface area contributed by atoms with Crippen molar-refractivity contribution in [2.45, 2.75) is 43.1 Å². The van der Waals surface area contributed by atoms with E-state index in [4.69, 9.17) is 10.2 Å². The normalized spacial score (nSPS) is 37.3. The Morgan fingerprint density at radius 3 is 1.89 bits per heavy atom. The second-order valence-corrected chi connectivity index (χ2v) is 4.06. The Morgan fingerprint density at radius 1 is 1.06 bits per heavy atom. The van der Waals surface area contributed by atoms with Gasteiger partial charge in [0.15, 0.2) is 0 Å². The quantitative estimate of drug-likeness (QED) is 0.360. The van der Waals surface area contributed by atoms with E-state index in [1.807, 2.05) is 0 Å². The number of carboxylic acids is 2. The number of hydrogen-bond donors (Lipinski definition) is 5. The lowest BCUT2D eigenvalue weighted by Gasteiger charge is -2.42. The van der Waals surface area contributed by atoms with Gasteiger partial charge in [0.25, 0.3) is 0 Å². The third-order valence-corrected chi connectivity index (χ3v) is 2.87. The van der Waals surface area contributed by atoms with E-state index in [-0.39, 0.29) is 0 Å². The van der Waals surface area contributed by atoms with E-state index in [1.165, 1.54) is 6.92 Å². The zero-order chi connectivity index (χ0) is 14.2. The molecule has 1 saturated heterocycles. The molecule has 1 rings (SSSR count). The summed E-state index contributed by atoms with van der Waals surface area (Å²) in [6.45, 7) is 1.18. The molecular formula is C9H13FO8. The van der Waals surface area contributed by atoms with Crippen LogP contribution in [0.15, 0.2) is 0 Å². The van der Waals surface area contributed by atoms with Crippen LogP contribution in [0.5, 0.6) is 0 Å². The van der Waals surface area contributed by atoms with Crippen molar-refractivity contribution in [3.05, 3.63) is 0 Å². The Morgan fingerprint density at radius 2 is 1.50 bits per heavy atom. The fourth-order valence-corrected chi connectivity index (χ4v) is 1.71. The van der Waals surface area contributed by atoms with Gasteiger partial charge >= 0.3 is 17.6 Å². The first kappa shape index (κ1) is 14.8. The van der Waals surface area contributed by atoms with Gasteiger partial charge in [-0.2, -0.15) is 0 Å². The minimum absolute atomic E-state index is 1.18. The molecule has 0 unspecified atom stereocenters. The molecule has 1 aliphatic heterocycles. The van der Waals surface area contributed by atoms with Crippen LogP contribution >= 0.6 is 0 Å². The zero-order valence-electron chi connectivity index (χ0n) is 9.23. The van der Waals surface area contributed by atoms with E-state index < -0.39 is 48.1 Å². The van der Waals surface area contributed by atoms with E-state index in [0.29, 0.717) is 0 Å². The Balaban J connectivity index is 3.14. The van der Waals surface area contributed by atoms with Gasteiger partial charge in [-0.15, -0.1) is 0 Å². The Kier molecular flexibility index (Phi) is 3.91. The molecule has 5 atom stereocenters. The molecule has 8 nitrogen and oxygen atoms in total. The van der Waals surface area contributed by atoms with Gasteiger partial charge in [-0.3, -0.25) is 0 Å². The highest BCUT2D eigenvalue weighted by molar-refractivity contribution is 6.02. The molecule has 0 amide bonds. The minimum atomic E-state index is -3.92. The summed E-state index contributed by atoms with van der Waals surface area (Å²) < 4.78 is 18.6. The van der Waals surface area contributed by atoms with Crippen LogP contribution in [0, 0.1) is 0 Å². The lowest BCUT2D eigenvalue weighted by Crippen LogP contribution is -2.67. The maximum atomic E-state index is 14.0. The van der Waals surface area contributed by atoms with E-state index >= 15 is 0 Å². The summed E-state index contributed by atoms with van der Waals surface area (Å²) in [5, 5.41) is 45.4. The second-order valence-electron chi connectivity index (χ2n) is 4.06. The molecular weight excluding hydrogens is 255 g/mol. The van der Waals surface area contributed by atoms with Gasteiger partial charge in [-0.25, -0.2) is 14.0 Å². The molecule has 104 valence electrons. The van der Waals surface area contributed by atoms with Crippen molar-refractivity contribution < 1.29 is 44.2 Å². The number of halogens is 1. The number of carboxylic acid groups (broad SMARTS) is 2. The summed E-state index contributed by atoms with van der Waals surface area (Å²) >= 11 is 0. The van der Waals surface area contributed by atoms with Crippen LogP contribution in [0.1, 0.15) is 6.92 Å². The first-order valence-electron chi connectivity index (χ1n) is 4.99. The average Bonchev–Trinajstić information content (AvgIpc) is 2.29. The molecule has 0 aromatic heterocycles. The molecule has 0 spiro atoms. The number of aliphatic hydroxyl groups excluding tert-OH is 3. The lowest BCUT2D eigenvalue weighted by molar-refractivity contribution is -0.250. The van der Waals surface area contributed by atoms with Crippen LogP contribution in [0.2, 0.25) is 0 Å². The van der Waals surface area contributed by atoms with E-state index in [0.717, 1.165) is 0 Å². The van der Waals surface area contributed by atoms with Crippen molar-refractivity contribution in [2.24, 2.45) is 0 Å².